The Morgan fingerprint density at radius 2 is 1.02 bits per heavy atom. The smallest absolute Gasteiger partial charge is 0.137 e. The molecular weight excluding hydrogens is 693 g/mol. The molecule has 9 aromatic carbocycles. The van der Waals surface area contributed by atoms with Crippen LogP contribution in [0.4, 0.5) is 0 Å². The molecule has 3 nitrogen and oxygen atoms in total. The number of hydrogen-bond acceptors (Lipinski definition) is 1. The van der Waals surface area contributed by atoms with Gasteiger partial charge in [0.2, 0.25) is 0 Å². The van der Waals surface area contributed by atoms with Gasteiger partial charge in [0.05, 0.1) is 70.5 Å². The second-order valence-corrected chi connectivity index (χ2v) is 12.8. The van der Waals surface area contributed by atoms with E-state index in [1.165, 1.54) is 22.8 Å². The fourth-order valence-electron chi connectivity index (χ4n) is 7.39. The van der Waals surface area contributed by atoms with Gasteiger partial charge in [0.15, 0.2) is 0 Å². The zero-order valence-corrected chi connectivity index (χ0v) is 28.8. The van der Waals surface area contributed by atoms with E-state index in [1.807, 2.05) is 0 Å². The number of para-hydroxylation sites is 4. The zero-order valence-electron chi connectivity index (χ0n) is 55.8. The third-order valence-corrected chi connectivity index (χ3v) is 9.79. The van der Waals surface area contributed by atoms with Crippen LogP contribution in [0.5, 0.6) is 0 Å². The molecule has 0 aliphatic rings. The number of hydrogen-bond donors (Lipinski definition) is 0. The van der Waals surface area contributed by atoms with E-state index in [9.17, 15) is 11.0 Å². The van der Waals surface area contributed by atoms with Crippen molar-refractivity contribution in [2.45, 2.75) is 0 Å². The molecule has 0 saturated heterocycles. The average Bonchev–Trinajstić information content (AvgIpc) is 1.54. The number of fused-ring (bicyclic) bond motifs is 9. The average molecular weight is 754 g/mol. The van der Waals surface area contributed by atoms with Gasteiger partial charge in [-0.25, -0.2) is 0 Å². The molecule has 0 bridgehead atoms. The van der Waals surface area contributed by atoms with Crippen molar-refractivity contribution in [1.82, 2.24) is 9.13 Å². The Morgan fingerprint density at radius 3 is 1.88 bits per heavy atom. The van der Waals surface area contributed by atoms with Gasteiger partial charge < -0.3 is 13.6 Å². The highest BCUT2D eigenvalue weighted by atomic mass is 16.3. The maximum Gasteiger partial charge on any atom is 0.137 e. The molecular formula is C54H34N2O. The summed E-state index contributed by atoms with van der Waals surface area (Å²) >= 11 is 0. The molecule has 0 N–H and O–H groups in total. The van der Waals surface area contributed by atoms with Crippen molar-refractivity contribution in [1.29, 1.82) is 0 Å². The van der Waals surface area contributed by atoms with Crippen LogP contribution in [0.3, 0.4) is 0 Å². The first kappa shape index (κ1) is 15.1. The fraction of sp³-hybridized carbons (Fsp3) is 0. The number of nitrogens with zero attached hydrogens (tertiary/aromatic N) is 2. The summed E-state index contributed by atoms with van der Waals surface area (Å²) in [5, 5.41) is -0.815. The molecule has 266 valence electrons. The van der Waals surface area contributed by atoms with Crippen LogP contribution < -0.4 is 0 Å². The number of rotatable bonds is 5. The predicted octanol–water partition coefficient (Wildman–Crippen LogP) is 14.8. The maximum absolute atomic E-state index is 10.0. The molecule has 0 fully saturated rings. The predicted molar refractivity (Wildman–Crippen MR) is 239 cm³/mol. The van der Waals surface area contributed by atoms with Crippen LogP contribution in [0.1, 0.15) is 37.0 Å². The highest BCUT2D eigenvalue weighted by Gasteiger charge is 2.21. The summed E-state index contributed by atoms with van der Waals surface area (Å²) < 4.78 is 251. The largest absolute Gasteiger partial charge is 0.456 e. The van der Waals surface area contributed by atoms with E-state index < -0.39 is 224 Å². The Bertz CT molecular complexity index is 5060. The van der Waals surface area contributed by atoms with Crippen molar-refractivity contribution < 1.29 is 41.4 Å². The third kappa shape index (κ3) is 4.86. The van der Waals surface area contributed by atoms with Gasteiger partial charge in [0, 0.05) is 49.5 Å². The van der Waals surface area contributed by atoms with Crippen LogP contribution in [-0.4, -0.2) is 9.13 Å². The Morgan fingerprint density at radius 1 is 0.351 bits per heavy atom. The number of benzene rings is 9. The number of furan rings is 1. The van der Waals surface area contributed by atoms with Gasteiger partial charge in [-0.15, -0.1) is 0 Å². The lowest BCUT2D eigenvalue weighted by molar-refractivity contribution is 0.668. The molecule has 0 aliphatic carbocycles. The number of aromatic nitrogens is 2. The topological polar surface area (TPSA) is 23.0 Å². The molecule has 57 heavy (non-hydrogen) atoms. The molecule has 0 unspecified atom stereocenters. The highest BCUT2D eigenvalue weighted by Crippen LogP contribution is 2.43. The van der Waals surface area contributed by atoms with Crippen LogP contribution in [0.15, 0.2) is 210 Å². The molecule has 3 heterocycles. The van der Waals surface area contributed by atoms with Crippen molar-refractivity contribution in [2.75, 3.05) is 0 Å². The van der Waals surface area contributed by atoms with Crippen molar-refractivity contribution in [3.05, 3.63) is 206 Å². The SMILES string of the molecule is [2H]c1c([2H])c([2H])c(-c2c([2H])c([2H])c([2H])c([2H])c2-n2c3c([2H])c([2H])c([2H])c([2H])c3c3c([2H])c(-c4ccc5c(c4)c4ccccc4n5-c4c(-c5c([2H])c([2H])c([2H])c([2H])c5[2H])c([2H])c5c(oc6c([2H])c([2H])c([2H])c([2H])c65)c4[2H])c([2H])c([2H])c32)c([2H])c1[2H]. The van der Waals surface area contributed by atoms with Crippen molar-refractivity contribution >= 4 is 65.6 Å². The second kappa shape index (κ2) is 12.5. The van der Waals surface area contributed by atoms with Gasteiger partial charge in [-0.1, -0.05) is 145 Å². The quantitative estimate of drug-likeness (QED) is 0.172. The minimum atomic E-state index is -0.943. The fourth-order valence-corrected chi connectivity index (χ4v) is 7.39. The van der Waals surface area contributed by atoms with Crippen molar-refractivity contribution in [2.24, 2.45) is 0 Å². The highest BCUT2D eigenvalue weighted by molar-refractivity contribution is 6.14. The van der Waals surface area contributed by atoms with E-state index in [1.54, 1.807) is 24.3 Å². The summed E-state index contributed by atoms with van der Waals surface area (Å²) in [4.78, 5) is 0. The molecule has 12 aromatic rings. The van der Waals surface area contributed by atoms with E-state index in [-0.39, 0.29) is 44.0 Å². The molecule has 0 spiro atoms. The van der Waals surface area contributed by atoms with Crippen LogP contribution in [0.25, 0.3) is 110 Å². The van der Waals surface area contributed by atoms with E-state index in [4.69, 9.17) is 30.5 Å². The summed E-state index contributed by atoms with van der Waals surface area (Å²) in [6.45, 7) is 0. The van der Waals surface area contributed by atoms with E-state index in [0.717, 1.165) is 4.57 Å². The van der Waals surface area contributed by atoms with E-state index >= 15 is 0 Å². The van der Waals surface area contributed by atoms with Crippen LogP contribution >= 0.6 is 0 Å². The third-order valence-electron chi connectivity index (χ3n) is 9.79. The Labute approximate surface area is 366 Å². The lowest BCUT2D eigenvalue weighted by Crippen LogP contribution is -1.97. The van der Waals surface area contributed by atoms with E-state index in [0.29, 0.717) is 5.39 Å². The van der Waals surface area contributed by atoms with Gasteiger partial charge in [0.1, 0.15) is 11.2 Å². The first-order valence-electron chi connectivity index (χ1n) is 30.8. The normalized spacial score (nSPS) is 18.5. The summed E-state index contributed by atoms with van der Waals surface area (Å²) in [6, 6.07) is -10.4. The lowest BCUT2D eigenvalue weighted by atomic mass is 9.99. The lowest BCUT2D eigenvalue weighted by Gasteiger charge is -2.15. The minimum Gasteiger partial charge on any atom is -0.456 e. The van der Waals surface area contributed by atoms with Gasteiger partial charge in [-0.2, -0.15) is 0 Å². The summed E-state index contributed by atoms with van der Waals surface area (Å²) in [5.74, 6) is 0. The van der Waals surface area contributed by atoms with Crippen molar-refractivity contribution in [3.63, 3.8) is 0 Å². The molecule has 3 heteroatoms. The Hall–Kier alpha value is -7.62. The van der Waals surface area contributed by atoms with Crippen LogP contribution in [-0.2, 0) is 0 Å². The Balaban J connectivity index is 1.21. The first-order valence-corrected chi connectivity index (χ1v) is 17.3. The molecule has 0 atom stereocenters. The Kier molecular flexibility index (Phi) is 3.31. The van der Waals surface area contributed by atoms with Gasteiger partial charge in [-0.05, 0) is 76.7 Å². The van der Waals surface area contributed by atoms with Gasteiger partial charge >= 0.3 is 0 Å². The summed E-state index contributed by atoms with van der Waals surface area (Å²) in [6.07, 6.45) is 0. The molecule has 12 rings (SSSR count). The molecule has 0 aliphatic heterocycles. The molecule has 3 aromatic heterocycles. The first-order chi connectivity index (χ1) is 39.5. The van der Waals surface area contributed by atoms with E-state index in [2.05, 4.69) is 0 Å². The molecule has 0 saturated carbocycles. The van der Waals surface area contributed by atoms with Gasteiger partial charge in [-0.3, -0.25) is 0 Å². The molecule has 0 amide bonds. The minimum absolute atomic E-state index is 0.0354. The monoisotopic (exact) mass is 753 g/mol. The molecule has 0 radical (unpaired) electrons. The maximum atomic E-state index is 10.0. The van der Waals surface area contributed by atoms with Gasteiger partial charge in [0.25, 0.3) is 0 Å². The zero-order chi connectivity index (χ0) is 60.9. The van der Waals surface area contributed by atoms with Crippen LogP contribution in [0.2, 0.25) is 0 Å². The summed E-state index contributed by atoms with van der Waals surface area (Å²) in [5.41, 5.74) is -5.17. The summed E-state index contributed by atoms with van der Waals surface area (Å²) in [7, 11) is 0. The standard InChI is InChI=1S/C54H34N2O/c1-3-15-35(16-4-1)39-19-7-11-23-47(39)55-48-24-12-8-20-40(48)44-31-37(27-29-50(44)55)38-28-30-51-45(32-38)41-21-9-13-25-49(41)56(51)52-34-54-46(42-22-10-14-26-53(42)57-54)33-43(52)36-17-5-2-6-18-36/h1-34H/i1D,2D,3D,4D,5D,6D,7D,8D,10D,11D,12D,14D,15D,16D,17D,18D,19D,20D,22D,23D,24D,26D,27D,29D,31D,33D,34D. The van der Waals surface area contributed by atoms with Crippen LogP contribution in [0, 0.1) is 0 Å². The second-order valence-electron chi connectivity index (χ2n) is 12.8. The van der Waals surface area contributed by atoms with Crippen molar-refractivity contribution in [3.8, 4) is 44.8 Å².